The molecule has 0 fully saturated rings. The Balaban J connectivity index is 2.09. The van der Waals surface area contributed by atoms with Gasteiger partial charge in [0.15, 0.2) is 5.69 Å². The monoisotopic (exact) mass is 338 g/mol. The smallest absolute Gasteiger partial charge is 0.360 e. The van der Waals surface area contributed by atoms with Crippen molar-refractivity contribution in [2.75, 3.05) is 11.9 Å². The van der Waals surface area contributed by atoms with Gasteiger partial charge in [0.2, 0.25) is 0 Å². The second-order valence-corrected chi connectivity index (χ2v) is 4.55. The van der Waals surface area contributed by atoms with Crippen molar-refractivity contribution in [3.8, 4) is 0 Å². The molecular formula is C13H11BrN2O4. The Labute approximate surface area is 123 Å². The summed E-state index contributed by atoms with van der Waals surface area (Å²) >= 11 is 3.27. The molecule has 2 aromatic rings. The quantitative estimate of drug-likeness (QED) is 0.867. The zero-order chi connectivity index (χ0) is 14.5. The Hall–Kier alpha value is -2.15. The highest BCUT2D eigenvalue weighted by molar-refractivity contribution is 9.10. The molecule has 2 rings (SSSR count). The number of nitrogens with zero attached hydrogens (tertiary/aromatic N) is 1. The molecule has 0 bridgehead atoms. The normalized spacial score (nSPS) is 10.1. The standard InChI is InChI=1S/C13H11BrN2O4/c1-2-19-12(18)10-7-20-13(15-10)16-11(17)8-5-3-4-6-9(8)14/h3-7H,2H2,1H3,(H,15,16,17). The zero-order valence-corrected chi connectivity index (χ0v) is 12.1. The molecule has 6 nitrogen and oxygen atoms in total. The van der Waals surface area contributed by atoms with E-state index in [0.29, 0.717) is 10.0 Å². The molecule has 0 radical (unpaired) electrons. The largest absolute Gasteiger partial charge is 0.461 e. The number of hydrogen-bond acceptors (Lipinski definition) is 5. The highest BCUT2D eigenvalue weighted by atomic mass is 79.9. The van der Waals surface area contributed by atoms with E-state index in [9.17, 15) is 9.59 Å². The molecule has 0 saturated carbocycles. The van der Waals surface area contributed by atoms with E-state index < -0.39 is 11.9 Å². The zero-order valence-electron chi connectivity index (χ0n) is 10.6. The van der Waals surface area contributed by atoms with Gasteiger partial charge in [0.05, 0.1) is 12.2 Å². The van der Waals surface area contributed by atoms with Gasteiger partial charge in [-0.1, -0.05) is 12.1 Å². The third-order valence-corrected chi connectivity index (χ3v) is 3.02. The van der Waals surface area contributed by atoms with Gasteiger partial charge in [-0.2, -0.15) is 4.98 Å². The number of halogens is 1. The highest BCUT2D eigenvalue weighted by Gasteiger charge is 2.16. The van der Waals surface area contributed by atoms with Crippen LogP contribution in [0.4, 0.5) is 6.01 Å². The average Bonchev–Trinajstić information content (AvgIpc) is 2.88. The van der Waals surface area contributed by atoms with Crippen molar-refractivity contribution in [3.05, 3.63) is 46.3 Å². The second kappa shape index (κ2) is 6.33. The number of nitrogens with one attached hydrogen (secondary N) is 1. The molecule has 104 valence electrons. The van der Waals surface area contributed by atoms with Crippen LogP contribution in [0.3, 0.4) is 0 Å². The number of ether oxygens (including phenoxy) is 1. The van der Waals surface area contributed by atoms with Crippen LogP contribution < -0.4 is 5.32 Å². The van der Waals surface area contributed by atoms with Gasteiger partial charge >= 0.3 is 12.0 Å². The average molecular weight is 339 g/mol. The fourth-order valence-electron chi connectivity index (χ4n) is 1.44. The molecule has 0 aliphatic rings. The Kier molecular flexibility index (Phi) is 4.52. The minimum atomic E-state index is -0.599. The number of benzene rings is 1. The van der Waals surface area contributed by atoms with Crippen molar-refractivity contribution in [3.63, 3.8) is 0 Å². The summed E-state index contributed by atoms with van der Waals surface area (Å²) in [7, 11) is 0. The van der Waals surface area contributed by atoms with Gasteiger partial charge in [-0.05, 0) is 35.0 Å². The number of carbonyl (C=O) groups excluding carboxylic acids is 2. The molecular weight excluding hydrogens is 328 g/mol. The van der Waals surface area contributed by atoms with E-state index in [2.05, 4.69) is 26.2 Å². The van der Waals surface area contributed by atoms with Crippen LogP contribution in [0.2, 0.25) is 0 Å². The molecule has 0 saturated heterocycles. The van der Waals surface area contributed by atoms with Crippen molar-refractivity contribution >= 4 is 33.8 Å². The van der Waals surface area contributed by atoms with Crippen molar-refractivity contribution in [1.29, 1.82) is 0 Å². The van der Waals surface area contributed by atoms with Crippen LogP contribution >= 0.6 is 15.9 Å². The van der Waals surface area contributed by atoms with E-state index in [-0.39, 0.29) is 18.3 Å². The van der Waals surface area contributed by atoms with Crippen molar-refractivity contribution in [2.24, 2.45) is 0 Å². The van der Waals surface area contributed by atoms with E-state index in [1.54, 1.807) is 31.2 Å². The van der Waals surface area contributed by atoms with Gasteiger partial charge in [0.1, 0.15) is 6.26 Å². The minimum Gasteiger partial charge on any atom is -0.461 e. The number of amides is 1. The van der Waals surface area contributed by atoms with Gasteiger partial charge < -0.3 is 9.15 Å². The first-order valence-electron chi connectivity index (χ1n) is 5.80. The summed E-state index contributed by atoms with van der Waals surface area (Å²) in [5.41, 5.74) is 0.442. The number of anilines is 1. The summed E-state index contributed by atoms with van der Waals surface area (Å²) in [6.07, 6.45) is 1.13. The van der Waals surface area contributed by atoms with Crippen LogP contribution in [-0.2, 0) is 4.74 Å². The molecule has 1 amide bonds. The van der Waals surface area contributed by atoms with Gasteiger partial charge in [0.25, 0.3) is 5.91 Å². The summed E-state index contributed by atoms with van der Waals surface area (Å²) in [6.45, 7) is 1.93. The maximum Gasteiger partial charge on any atom is 0.360 e. The van der Waals surface area contributed by atoms with Crippen molar-refractivity contribution in [2.45, 2.75) is 6.92 Å². The SMILES string of the molecule is CCOC(=O)c1coc(NC(=O)c2ccccc2Br)n1. The van der Waals surface area contributed by atoms with Gasteiger partial charge in [0, 0.05) is 4.47 Å². The Morgan fingerprint density at radius 3 is 2.85 bits per heavy atom. The fourth-order valence-corrected chi connectivity index (χ4v) is 1.90. The summed E-state index contributed by atoms with van der Waals surface area (Å²) < 4.78 is 10.4. The van der Waals surface area contributed by atoms with Crippen LogP contribution in [0.25, 0.3) is 0 Å². The minimum absolute atomic E-state index is 0.00859. The molecule has 1 aromatic heterocycles. The maximum absolute atomic E-state index is 12.0. The third kappa shape index (κ3) is 3.24. The Bertz CT molecular complexity index is 639. The fraction of sp³-hybridized carbons (Fsp3) is 0.154. The molecule has 7 heteroatoms. The Morgan fingerprint density at radius 1 is 1.40 bits per heavy atom. The number of oxazole rings is 1. The lowest BCUT2D eigenvalue weighted by atomic mass is 10.2. The highest BCUT2D eigenvalue weighted by Crippen LogP contribution is 2.17. The molecule has 1 aromatic carbocycles. The van der Waals surface area contributed by atoms with E-state index in [1.807, 2.05) is 0 Å². The predicted octanol–water partition coefficient (Wildman–Crippen LogP) is 2.87. The lowest BCUT2D eigenvalue weighted by molar-refractivity contribution is 0.0519. The second-order valence-electron chi connectivity index (χ2n) is 3.69. The topological polar surface area (TPSA) is 81.4 Å². The number of hydrogen-bond donors (Lipinski definition) is 1. The number of aromatic nitrogens is 1. The molecule has 0 unspecified atom stereocenters. The van der Waals surface area contributed by atoms with Crippen molar-refractivity contribution in [1.82, 2.24) is 4.98 Å². The maximum atomic E-state index is 12.0. The summed E-state index contributed by atoms with van der Waals surface area (Å²) in [5, 5.41) is 2.46. The number of rotatable bonds is 4. The van der Waals surface area contributed by atoms with Crippen LogP contribution in [-0.4, -0.2) is 23.5 Å². The van der Waals surface area contributed by atoms with Crippen molar-refractivity contribution < 1.29 is 18.7 Å². The van der Waals surface area contributed by atoms with E-state index in [4.69, 9.17) is 9.15 Å². The van der Waals surface area contributed by atoms with Crippen LogP contribution in [0, 0.1) is 0 Å². The van der Waals surface area contributed by atoms with E-state index in [1.165, 1.54) is 0 Å². The van der Waals surface area contributed by atoms with Gasteiger partial charge in [-0.3, -0.25) is 10.1 Å². The first-order chi connectivity index (χ1) is 9.61. The molecule has 0 aliphatic heterocycles. The van der Waals surface area contributed by atoms with Gasteiger partial charge in [-0.25, -0.2) is 4.79 Å². The first-order valence-corrected chi connectivity index (χ1v) is 6.59. The third-order valence-electron chi connectivity index (χ3n) is 2.33. The molecule has 1 N–H and O–H groups in total. The van der Waals surface area contributed by atoms with Crippen LogP contribution in [0.5, 0.6) is 0 Å². The first kappa shape index (κ1) is 14.3. The van der Waals surface area contributed by atoms with E-state index in [0.717, 1.165) is 6.26 Å². The van der Waals surface area contributed by atoms with Gasteiger partial charge in [-0.15, -0.1) is 0 Å². The van der Waals surface area contributed by atoms with Crippen LogP contribution in [0.15, 0.2) is 39.4 Å². The molecule has 0 atom stereocenters. The predicted molar refractivity (Wildman–Crippen MR) is 74.6 cm³/mol. The number of esters is 1. The number of carbonyl (C=O) groups is 2. The molecule has 20 heavy (non-hydrogen) atoms. The Morgan fingerprint density at radius 2 is 2.15 bits per heavy atom. The molecule has 0 aliphatic carbocycles. The lowest BCUT2D eigenvalue weighted by Gasteiger charge is -2.02. The summed E-state index contributed by atoms with van der Waals surface area (Å²) in [4.78, 5) is 27.2. The molecule has 1 heterocycles. The summed E-state index contributed by atoms with van der Waals surface area (Å²) in [5.74, 6) is -0.993. The lowest BCUT2D eigenvalue weighted by Crippen LogP contribution is -2.13. The summed E-state index contributed by atoms with van der Waals surface area (Å²) in [6, 6.07) is 6.86. The van der Waals surface area contributed by atoms with Crippen LogP contribution in [0.1, 0.15) is 27.8 Å². The van der Waals surface area contributed by atoms with E-state index >= 15 is 0 Å². The molecule has 0 spiro atoms.